The highest BCUT2D eigenvalue weighted by atomic mass is 32.1. The minimum absolute atomic E-state index is 0.0806. The minimum Gasteiger partial charge on any atom is -0.487 e. The molecule has 0 aliphatic carbocycles. The standard InChI is InChI=1S/C21H23N3O2S2/c25-21(17-3-1-4-19(13-17)26-14-18-15-27-16-22-18)24-10-8-23(9-11-24)7-6-20-5-2-12-28-20/h1-5,12-13,15-16H,6-11,14H2. The van der Waals surface area contributed by atoms with Crippen molar-refractivity contribution in [1.29, 1.82) is 0 Å². The third kappa shape index (κ3) is 4.98. The molecule has 1 fully saturated rings. The monoisotopic (exact) mass is 413 g/mol. The molecule has 1 amide bonds. The molecule has 3 aromatic rings. The van der Waals surface area contributed by atoms with Crippen molar-refractivity contribution in [2.45, 2.75) is 13.0 Å². The molecule has 1 aromatic carbocycles. The van der Waals surface area contributed by atoms with Gasteiger partial charge in [-0.15, -0.1) is 22.7 Å². The zero-order valence-corrected chi connectivity index (χ0v) is 17.3. The maximum atomic E-state index is 12.9. The van der Waals surface area contributed by atoms with Gasteiger partial charge in [-0.05, 0) is 36.1 Å². The average Bonchev–Trinajstić information content (AvgIpc) is 3.45. The SMILES string of the molecule is O=C(c1cccc(OCc2cscn2)c1)N1CCN(CCc2cccs2)CC1. The van der Waals surface area contributed by atoms with E-state index in [-0.39, 0.29) is 5.91 Å². The lowest BCUT2D eigenvalue weighted by Crippen LogP contribution is -2.49. The fraction of sp³-hybridized carbons (Fsp3) is 0.333. The van der Waals surface area contributed by atoms with Gasteiger partial charge in [0.1, 0.15) is 12.4 Å². The van der Waals surface area contributed by atoms with Crippen molar-refractivity contribution in [2.75, 3.05) is 32.7 Å². The van der Waals surface area contributed by atoms with Gasteiger partial charge >= 0.3 is 0 Å². The van der Waals surface area contributed by atoms with Crippen molar-refractivity contribution in [3.05, 3.63) is 68.8 Å². The molecule has 2 aromatic heterocycles. The smallest absolute Gasteiger partial charge is 0.254 e. The molecule has 0 unspecified atom stereocenters. The van der Waals surface area contributed by atoms with Gasteiger partial charge in [-0.1, -0.05) is 12.1 Å². The minimum atomic E-state index is 0.0806. The van der Waals surface area contributed by atoms with Crippen LogP contribution in [-0.4, -0.2) is 53.4 Å². The Kier molecular flexibility index (Phi) is 6.36. The summed E-state index contributed by atoms with van der Waals surface area (Å²) in [6.07, 6.45) is 1.09. The van der Waals surface area contributed by atoms with Crippen LogP contribution >= 0.6 is 22.7 Å². The Hall–Kier alpha value is -2.22. The summed E-state index contributed by atoms with van der Waals surface area (Å²) in [7, 11) is 0. The van der Waals surface area contributed by atoms with Crippen LogP contribution in [0.4, 0.5) is 0 Å². The van der Waals surface area contributed by atoms with Crippen LogP contribution in [0.3, 0.4) is 0 Å². The largest absolute Gasteiger partial charge is 0.487 e. The predicted octanol–water partition coefficient (Wildman–Crippen LogP) is 3.78. The van der Waals surface area contributed by atoms with Crippen molar-refractivity contribution in [3.8, 4) is 5.75 Å². The number of aromatic nitrogens is 1. The van der Waals surface area contributed by atoms with E-state index >= 15 is 0 Å². The number of rotatable bonds is 7. The van der Waals surface area contributed by atoms with Crippen LogP contribution in [0.25, 0.3) is 0 Å². The molecule has 4 rings (SSSR count). The predicted molar refractivity (Wildman–Crippen MR) is 113 cm³/mol. The number of carbonyl (C=O) groups is 1. The number of hydrogen-bond acceptors (Lipinski definition) is 6. The molecular weight excluding hydrogens is 390 g/mol. The highest BCUT2D eigenvalue weighted by Gasteiger charge is 2.22. The molecule has 1 aliphatic rings. The van der Waals surface area contributed by atoms with Crippen molar-refractivity contribution >= 4 is 28.6 Å². The molecule has 0 bridgehead atoms. The Morgan fingerprint density at radius 3 is 2.79 bits per heavy atom. The number of thiazole rings is 1. The zero-order chi connectivity index (χ0) is 19.2. The van der Waals surface area contributed by atoms with Crippen LogP contribution in [0, 0.1) is 0 Å². The highest BCUT2D eigenvalue weighted by Crippen LogP contribution is 2.18. The average molecular weight is 414 g/mol. The Bertz CT molecular complexity index is 873. The van der Waals surface area contributed by atoms with E-state index in [1.165, 1.54) is 4.88 Å². The Morgan fingerprint density at radius 2 is 2.04 bits per heavy atom. The molecule has 0 radical (unpaired) electrons. The van der Waals surface area contributed by atoms with E-state index in [2.05, 4.69) is 27.4 Å². The summed E-state index contributed by atoms with van der Waals surface area (Å²) in [4.78, 5) is 22.9. The molecule has 0 N–H and O–H groups in total. The number of ether oxygens (including phenoxy) is 1. The van der Waals surface area contributed by atoms with Gasteiger partial charge in [0, 0.05) is 48.5 Å². The second-order valence-electron chi connectivity index (χ2n) is 6.76. The third-order valence-electron chi connectivity index (χ3n) is 4.87. The molecular formula is C21H23N3O2S2. The van der Waals surface area contributed by atoms with Gasteiger partial charge < -0.3 is 9.64 Å². The van der Waals surface area contributed by atoms with Gasteiger partial charge in [-0.25, -0.2) is 4.98 Å². The summed E-state index contributed by atoms with van der Waals surface area (Å²) in [6, 6.07) is 11.7. The first kappa shape index (κ1) is 19.1. The van der Waals surface area contributed by atoms with E-state index in [9.17, 15) is 4.79 Å². The molecule has 0 spiro atoms. The number of thiophene rings is 1. The van der Waals surface area contributed by atoms with E-state index in [4.69, 9.17) is 4.74 Å². The maximum Gasteiger partial charge on any atom is 0.254 e. The maximum absolute atomic E-state index is 12.9. The van der Waals surface area contributed by atoms with E-state index in [1.807, 2.05) is 45.9 Å². The van der Waals surface area contributed by atoms with Crippen molar-refractivity contribution < 1.29 is 9.53 Å². The number of carbonyl (C=O) groups excluding carboxylic acids is 1. The topological polar surface area (TPSA) is 45.7 Å². The van der Waals surface area contributed by atoms with Crippen molar-refractivity contribution in [2.24, 2.45) is 0 Å². The van der Waals surface area contributed by atoms with Crippen LogP contribution in [0.15, 0.2) is 52.7 Å². The number of hydrogen-bond donors (Lipinski definition) is 0. The van der Waals surface area contributed by atoms with Crippen LogP contribution < -0.4 is 4.74 Å². The van der Waals surface area contributed by atoms with Crippen molar-refractivity contribution in [1.82, 2.24) is 14.8 Å². The molecule has 28 heavy (non-hydrogen) atoms. The summed E-state index contributed by atoms with van der Waals surface area (Å²) in [6.45, 7) is 4.88. The summed E-state index contributed by atoms with van der Waals surface area (Å²) >= 11 is 3.36. The summed E-state index contributed by atoms with van der Waals surface area (Å²) in [5.41, 5.74) is 3.38. The number of piperazine rings is 1. The Morgan fingerprint density at radius 1 is 1.14 bits per heavy atom. The number of benzene rings is 1. The number of nitrogens with zero attached hydrogens (tertiary/aromatic N) is 3. The van der Waals surface area contributed by atoms with Crippen LogP contribution in [0.2, 0.25) is 0 Å². The molecule has 7 heteroatoms. The highest BCUT2D eigenvalue weighted by molar-refractivity contribution is 7.09. The van der Waals surface area contributed by atoms with Crippen LogP contribution in [0.1, 0.15) is 20.9 Å². The van der Waals surface area contributed by atoms with Crippen LogP contribution in [-0.2, 0) is 13.0 Å². The molecule has 0 saturated carbocycles. The quantitative estimate of drug-likeness (QED) is 0.591. The lowest BCUT2D eigenvalue weighted by molar-refractivity contribution is 0.0638. The molecule has 1 saturated heterocycles. The van der Waals surface area contributed by atoms with Gasteiger partial charge in [0.25, 0.3) is 5.91 Å². The fourth-order valence-corrected chi connectivity index (χ4v) is 4.51. The molecule has 0 atom stereocenters. The fourth-order valence-electron chi connectivity index (χ4n) is 3.27. The summed E-state index contributed by atoms with van der Waals surface area (Å²) < 4.78 is 5.78. The van der Waals surface area contributed by atoms with Gasteiger partial charge in [-0.3, -0.25) is 9.69 Å². The van der Waals surface area contributed by atoms with Gasteiger partial charge in [0.05, 0.1) is 11.2 Å². The molecule has 146 valence electrons. The normalized spacial score (nSPS) is 14.9. The van der Waals surface area contributed by atoms with Gasteiger partial charge in [0.15, 0.2) is 0 Å². The lowest BCUT2D eigenvalue weighted by atomic mass is 10.1. The van der Waals surface area contributed by atoms with E-state index in [1.54, 1.807) is 16.8 Å². The van der Waals surface area contributed by atoms with Gasteiger partial charge in [0.2, 0.25) is 0 Å². The number of amides is 1. The van der Waals surface area contributed by atoms with Crippen LogP contribution in [0.5, 0.6) is 5.75 Å². The van der Waals surface area contributed by atoms with Crippen molar-refractivity contribution in [3.63, 3.8) is 0 Å². The van der Waals surface area contributed by atoms with E-state index in [0.717, 1.165) is 44.8 Å². The molecule has 1 aliphatic heterocycles. The molecule has 3 heterocycles. The third-order valence-corrected chi connectivity index (χ3v) is 6.44. The Balaban J connectivity index is 1.28. The first-order valence-corrected chi connectivity index (χ1v) is 11.2. The first-order chi connectivity index (χ1) is 13.8. The Labute approximate surface area is 173 Å². The van der Waals surface area contributed by atoms with E-state index < -0.39 is 0 Å². The van der Waals surface area contributed by atoms with Gasteiger partial charge in [-0.2, -0.15) is 0 Å². The zero-order valence-electron chi connectivity index (χ0n) is 15.6. The second kappa shape index (κ2) is 9.32. The first-order valence-electron chi connectivity index (χ1n) is 9.42. The summed E-state index contributed by atoms with van der Waals surface area (Å²) in [5.74, 6) is 0.783. The summed E-state index contributed by atoms with van der Waals surface area (Å²) in [5, 5.41) is 4.09. The lowest BCUT2D eigenvalue weighted by Gasteiger charge is -2.34. The second-order valence-corrected chi connectivity index (χ2v) is 8.51. The van der Waals surface area contributed by atoms with E-state index in [0.29, 0.717) is 17.9 Å². The molecule has 5 nitrogen and oxygen atoms in total.